The fraction of sp³-hybridized carbons (Fsp3) is 0.579. The number of benzene rings is 1. The van der Waals surface area contributed by atoms with Gasteiger partial charge in [-0.25, -0.2) is 4.79 Å². The van der Waals surface area contributed by atoms with Crippen LogP contribution < -0.4 is 5.32 Å². The van der Waals surface area contributed by atoms with E-state index in [9.17, 15) is 9.59 Å². The Bertz CT molecular complexity index is 663. The van der Waals surface area contributed by atoms with E-state index in [1.54, 1.807) is 0 Å². The van der Waals surface area contributed by atoms with E-state index in [-0.39, 0.29) is 18.0 Å². The van der Waals surface area contributed by atoms with Crippen molar-refractivity contribution in [3.05, 3.63) is 35.4 Å². The second-order valence-corrected chi connectivity index (χ2v) is 7.29. The summed E-state index contributed by atoms with van der Waals surface area (Å²) in [6, 6.07) is 8.68. The molecule has 0 aromatic heterocycles. The first-order valence-corrected chi connectivity index (χ1v) is 9.32. The molecule has 3 aliphatic heterocycles. The van der Waals surface area contributed by atoms with E-state index in [4.69, 9.17) is 0 Å². The number of urea groups is 1. The second kappa shape index (κ2) is 7.04. The Balaban J connectivity index is 1.34. The van der Waals surface area contributed by atoms with Crippen molar-refractivity contribution in [1.29, 1.82) is 0 Å². The lowest BCUT2D eigenvalue weighted by molar-refractivity contribution is -0.133. The molecular formula is C19H26N4O2. The first kappa shape index (κ1) is 16.4. The number of nitrogens with zero attached hydrogens (tertiary/aromatic N) is 3. The van der Waals surface area contributed by atoms with Gasteiger partial charge in [0.25, 0.3) is 0 Å². The van der Waals surface area contributed by atoms with E-state index in [1.807, 2.05) is 15.9 Å². The monoisotopic (exact) mass is 342 g/mol. The van der Waals surface area contributed by atoms with Crippen molar-refractivity contribution >= 4 is 11.9 Å². The van der Waals surface area contributed by atoms with Crippen molar-refractivity contribution in [3.63, 3.8) is 0 Å². The Kier molecular flexibility index (Phi) is 4.61. The van der Waals surface area contributed by atoms with E-state index in [0.717, 1.165) is 58.5 Å². The molecule has 3 aliphatic rings. The molecule has 0 unspecified atom stereocenters. The lowest BCUT2D eigenvalue weighted by atomic mass is 10.00. The van der Waals surface area contributed by atoms with Crippen molar-refractivity contribution in [2.24, 2.45) is 0 Å². The topological polar surface area (TPSA) is 55.9 Å². The minimum absolute atomic E-state index is 0.0471. The van der Waals surface area contributed by atoms with Crippen LogP contribution in [0.25, 0.3) is 0 Å². The van der Waals surface area contributed by atoms with Gasteiger partial charge in [0.2, 0.25) is 5.91 Å². The number of piperidine rings is 1. The number of amides is 3. The summed E-state index contributed by atoms with van der Waals surface area (Å²) in [6.07, 6.45) is 3.03. The fourth-order valence-corrected chi connectivity index (χ4v) is 4.26. The maximum atomic E-state index is 12.8. The van der Waals surface area contributed by atoms with Crippen molar-refractivity contribution in [2.75, 3.05) is 39.3 Å². The number of hydrogen-bond acceptors (Lipinski definition) is 3. The normalized spacial score (nSPS) is 24.2. The van der Waals surface area contributed by atoms with Crippen LogP contribution in [0.15, 0.2) is 24.3 Å². The molecule has 3 amide bonds. The average Bonchev–Trinajstić information content (AvgIpc) is 3.07. The lowest BCUT2D eigenvalue weighted by Gasteiger charge is -2.38. The highest BCUT2D eigenvalue weighted by atomic mass is 16.2. The minimum atomic E-state index is 0.0471. The number of nitrogens with one attached hydrogen (secondary N) is 1. The molecule has 4 rings (SSSR count). The summed E-state index contributed by atoms with van der Waals surface area (Å²) < 4.78 is 0. The van der Waals surface area contributed by atoms with Crippen LogP contribution in [0.3, 0.4) is 0 Å². The summed E-state index contributed by atoms with van der Waals surface area (Å²) in [6.45, 7) is 5.28. The summed E-state index contributed by atoms with van der Waals surface area (Å²) in [5.74, 6) is 0.209. The summed E-state index contributed by atoms with van der Waals surface area (Å²) >= 11 is 0. The fourth-order valence-electron chi connectivity index (χ4n) is 4.26. The molecule has 6 heteroatoms. The third kappa shape index (κ3) is 3.49. The largest absolute Gasteiger partial charge is 0.337 e. The molecular weight excluding hydrogens is 316 g/mol. The zero-order valence-corrected chi connectivity index (χ0v) is 14.6. The van der Waals surface area contributed by atoms with Gasteiger partial charge in [0, 0.05) is 38.8 Å². The molecule has 0 spiro atoms. The number of likely N-dealkylation sites (tertiary alicyclic amines) is 1. The number of carbonyl (C=O) groups excluding carboxylic acids is 2. The predicted octanol–water partition coefficient (Wildman–Crippen LogP) is 1.06. The predicted molar refractivity (Wildman–Crippen MR) is 95.1 cm³/mol. The molecule has 2 saturated heterocycles. The number of carbonyl (C=O) groups is 2. The molecule has 1 atom stereocenters. The Morgan fingerprint density at radius 2 is 2.00 bits per heavy atom. The highest BCUT2D eigenvalue weighted by molar-refractivity contribution is 5.79. The summed E-state index contributed by atoms with van der Waals surface area (Å²) in [4.78, 5) is 30.8. The SMILES string of the molecule is O=C(CN1CCC[C@H](N2CCNC2=O)C1)N1CCc2ccccc2C1. The van der Waals surface area contributed by atoms with E-state index in [0.29, 0.717) is 6.54 Å². The van der Waals surface area contributed by atoms with Gasteiger partial charge in [-0.2, -0.15) is 0 Å². The molecule has 1 N–H and O–H groups in total. The molecule has 0 aliphatic carbocycles. The second-order valence-electron chi connectivity index (χ2n) is 7.29. The van der Waals surface area contributed by atoms with Gasteiger partial charge >= 0.3 is 6.03 Å². The zero-order chi connectivity index (χ0) is 17.2. The molecule has 134 valence electrons. The van der Waals surface area contributed by atoms with Crippen LogP contribution in [0, 0.1) is 0 Å². The van der Waals surface area contributed by atoms with Crippen LogP contribution in [-0.2, 0) is 17.8 Å². The maximum Gasteiger partial charge on any atom is 0.317 e. The van der Waals surface area contributed by atoms with Crippen LogP contribution in [0.1, 0.15) is 24.0 Å². The Labute approximate surface area is 148 Å². The summed E-state index contributed by atoms with van der Waals surface area (Å²) in [5.41, 5.74) is 2.64. The Morgan fingerprint density at radius 3 is 2.80 bits per heavy atom. The third-order valence-electron chi connectivity index (χ3n) is 5.65. The van der Waals surface area contributed by atoms with Gasteiger partial charge in [-0.05, 0) is 36.9 Å². The molecule has 2 fully saturated rings. The maximum absolute atomic E-state index is 12.8. The quantitative estimate of drug-likeness (QED) is 0.894. The number of hydrogen-bond donors (Lipinski definition) is 1. The first-order valence-electron chi connectivity index (χ1n) is 9.32. The number of rotatable bonds is 3. The lowest BCUT2D eigenvalue weighted by Crippen LogP contribution is -2.51. The molecule has 3 heterocycles. The van der Waals surface area contributed by atoms with E-state index < -0.39 is 0 Å². The van der Waals surface area contributed by atoms with Crippen molar-refractivity contribution in [1.82, 2.24) is 20.0 Å². The van der Waals surface area contributed by atoms with Crippen LogP contribution in [0.5, 0.6) is 0 Å². The van der Waals surface area contributed by atoms with Crippen LogP contribution in [0.4, 0.5) is 4.79 Å². The molecule has 25 heavy (non-hydrogen) atoms. The molecule has 6 nitrogen and oxygen atoms in total. The molecule has 0 bridgehead atoms. The highest BCUT2D eigenvalue weighted by Gasteiger charge is 2.32. The van der Waals surface area contributed by atoms with Crippen molar-refractivity contribution in [3.8, 4) is 0 Å². The van der Waals surface area contributed by atoms with Gasteiger partial charge in [0.15, 0.2) is 0 Å². The minimum Gasteiger partial charge on any atom is -0.337 e. The molecule has 0 radical (unpaired) electrons. The van der Waals surface area contributed by atoms with Crippen molar-refractivity contribution < 1.29 is 9.59 Å². The highest BCUT2D eigenvalue weighted by Crippen LogP contribution is 2.20. The van der Waals surface area contributed by atoms with Gasteiger partial charge in [-0.1, -0.05) is 24.3 Å². The van der Waals surface area contributed by atoms with Gasteiger partial charge in [0.05, 0.1) is 6.54 Å². The summed E-state index contributed by atoms with van der Waals surface area (Å²) in [5, 5.41) is 2.88. The van der Waals surface area contributed by atoms with Crippen LogP contribution >= 0.6 is 0 Å². The first-order chi connectivity index (χ1) is 12.2. The molecule has 1 aromatic carbocycles. The van der Waals surface area contributed by atoms with Gasteiger partial charge < -0.3 is 15.1 Å². The van der Waals surface area contributed by atoms with Crippen LogP contribution in [-0.4, -0.2) is 71.9 Å². The average molecular weight is 342 g/mol. The van der Waals surface area contributed by atoms with Gasteiger partial charge in [0.1, 0.15) is 0 Å². The smallest absolute Gasteiger partial charge is 0.317 e. The standard InChI is InChI=1S/C19H26N4O2/c24-18(22-10-7-15-4-1-2-5-16(15)12-22)14-21-9-3-6-17(13-21)23-11-8-20-19(23)25/h1-2,4-5,17H,3,6-14H2,(H,20,25)/t17-/m0/s1. The van der Waals surface area contributed by atoms with Crippen molar-refractivity contribution in [2.45, 2.75) is 31.8 Å². The molecule has 0 saturated carbocycles. The van der Waals surface area contributed by atoms with Gasteiger partial charge in [-0.3, -0.25) is 9.69 Å². The van der Waals surface area contributed by atoms with Gasteiger partial charge in [-0.15, -0.1) is 0 Å². The zero-order valence-electron chi connectivity index (χ0n) is 14.6. The van der Waals surface area contributed by atoms with E-state index in [2.05, 4.69) is 28.4 Å². The van der Waals surface area contributed by atoms with Crippen LogP contribution in [0.2, 0.25) is 0 Å². The van der Waals surface area contributed by atoms with E-state index >= 15 is 0 Å². The Morgan fingerprint density at radius 1 is 1.16 bits per heavy atom. The molecule has 1 aromatic rings. The Hall–Kier alpha value is -2.08. The van der Waals surface area contributed by atoms with E-state index in [1.165, 1.54) is 11.1 Å². The third-order valence-corrected chi connectivity index (χ3v) is 5.65. The summed E-state index contributed by atoms with van der Waals surface area (Å²) in [7, 11) is 0. The number of fused-ring (bicyclic) bond motifs is 1.